The molecule has 5 rings (SSSR count). The Morgan fingerprint density at radius 3 is 3.03 bits per heavy atom. The van der Waals surface area contributed by atoms with Crippen molar-refractivity contribution in [1.29, 1.82) is 0 Å². The van der Waals surface area contributed by atoms with Crippen LogP contribution in [0.3, 0.4) is 0 Å². The summed E-state index contributed by atoms with van der Waals surface area (Å²) in [6.07, 6.45) is 4.47. The maximum Gasteiger partial charge on any atom is 0.261 e. The third-order valence-electron chi connectivity index (χ3n) is 5.23. The van der Waals surface area contributed by atoms with E-state index in [2.05, 4.69) is 15.4 Å². The quantitative estimate of drug-likeness (QED) is 0.538. The van der Waals surface area contributed by atoms with E-state index in [1.54, 1.807) is 16.6 Å². The molecule has 0 saturated carbocycles. The van der Waals surface area contributed by atoms with Gasteiger partial charge in [0.05, 0.1) is 10.9 Å². The second-order valence-electron chi connectivity index (χ2n) is 7.15. The monoisotopic (exact) mass is 407 g/mol. The van der Waals surface area contributed by atoms with Crippen molar-refractivity contribution in [2.24, 2.45) is 0 Å². The number of amides is 1. The van der Waals surface area contributed by atoms with Gasteiger partial charge in [-0.1, -0.05) is 6.07 Å². The molecule has 1 amide bonds. The van der Waals surface area contributed by atoms with Crippen LogP contribution in [0.25, 0.3) is 16.8 Å². The van der Waals surface area contributed by atoms with Crippen molar-refractivity contribution in [2.75, 3.05) is 5.73 Å². The lowest BCUT2D eigenvalue weighted by Crippen LogP contribution is -2.30. The number of fused-ring (bicyclic) bond motifs is 2. The zero-order chi connectivity index (χ0) is 20.0. The van der Waals surface area contributed by atoms with Gasteiger partial charge < -0.3 is 11.1 Å². The Hall–Kier alpha value is -3.26. The standard InChI is InChI=1S/C21H18FN5OS/c22-15-5-6-16-12(8-15)2-1-3-17(16)24-20(28)18-9-14(11-29-18)13-4-7-19-25-21(23)26-27(19)10-13/h4-11,17H,1-3H2,(H2,23,26)(H,24,28). The average Bonchev–Trinajstić information content (AvgIpc) is 3.33. The van der Waals surface area contributed by atoms with Crippen molar-refractivity contribution >= 4 is 28.8 Å². The molecule has 4 aromatic rings. The second kappa shape index (κ2) is 6.97. The van der Waals surface area contributed by atoms with E-state index in [4.69, 9.17) is 5.73 Å². The van der Waals surface area contributed by atoms with E-state index in [0.717, 1.165) is 41.5 Å². The highest BCUT2D eigenvalue weighted by molar-refractivity contribution is 7.12. The first-order chi connectivity index (χ1) is 14.1. The maximum atomic E-state index is 13.5. The molecule has 0 radical (unpaired) electrons. The highest BCUT2D eigenvalue weighted by Crippen LogP contribution is 2.31. The summed E-state index contributed by atoms with van der Waals surface area (Å²) in [5, 5.41) is 9.19. The molecule has 146 valence electrons. The van der Waals surface area contributed by atoms with Crippen LogP contribution < -0.4 is 11.1 Å². The first-order valence-corrected chi connectivity index (χ1v) is 10.2. The van der Waals surface area contributed by atoms with Crippen LogP contribution in [-0.2, 0) is 6.42 Å². The molecule has 29 heavy (non-hydrogen) atoms. The molecular weight excluding hydrogens is 389 g/mol. The number of nitrogens with two attached hydrogens (primary N) is 1. The van der Waals surface area contributed by atoms with E-state index in [0.29, 0.717) is 10.5 Å². The summed E-state index contributed by atoms with van der Waals surface area (Å²) in [5.74, 6) is -0.126. The van der Waals surface area contributed by atoms with E-state index in [1.165, 1.54) is 17.4 Å². The molecule has 0 bridgehead atoms. The van der Waals surface area contributed by atoms with E-state index in [9.17, 15) is 9.18 Å². The van der Waals surface area contributed by atoms with Gasteiger partial charge in [0, 0.05) is 11.8 Å². The number of nitrogen functional groups attached to an aromatic ring is 1. The van der Waals surface area contributed by atoms with E-state index in [1.807, 2.05) is 29.8 Å². The normalized spacial score (nSPS) is 16.0. The fraction of sp³-hybridized carbons (Fsp3) is 0.190. The van der Waals surface area contributed by atoms with Crippen molar-refractivity contribution in [3.63, 3.8) is 0 Å². The summed E-state index contributed by atoms with van der Waals surface area (Å²) in [6, 6.07) is 10.4. The third-order valence-corrected chi connectivity index (χ3v) is 6.16. The number of benzene rings is 1. The van der Waals surface area contributed by atoms with Crippen LogP contribution in [0.15, 0.2) is 48.0 Å². The Morgan fingerprint density at radius 2 is 2.14 bits per heavy atom. The zero-order valence-corrected chi connectivity index (χ0v) is 16.2. The Morgan fingerprint density at radius 1 is 1.24 bits per heavy atom. The first kappa shape index (κ1) is 17.8. The number of aromatic nitrogens is 3. The van der Waals surface area contributed by atoms with Gasteiger partial charge in [-0.3, -0.25) is 4.79 Å². The van der Waals surface area contributed by atoms with Crippen molar-refractivity contribution in [3.05, 3.63) is 69.8 Å². The van der Waals surface area contributed by atoms with Crippen molar-refractivity contribution < 1.29 is 9.18 Å². The van der Waals surface area contributed by atoms with Gasteiger partial charge in [0.25, 0.3) is 5.91 Å². The molecule has 1 unspecified atom stereocenters. The highest BCUT2D eigenvalue weighted by atomic mass is 32.1. The topological polar surface area (TPSA) is 85.3 Å². The van der Waals surface area contributed by atoms with E-state index in [-0.39, 0.29) is 23.7 Å². The second-order valence-corrected chi connectivity index (χ2v) is 8.06. The average molecular weight is 407 g/mol. The molecule has 1 aromatic carbocycles. The number of aryl methyl sites for hydroxylation is 1. The summed E-state index contributed by atoms with van der Waals surface area (Å²) in [4.78, 5) is 17.6. The van der Waals surface area contributed by atoms with Gasteiger partial charge in [-0.2, -0.15) is 4.98 Å². The molecule has 3 N–H and O–H groups in total. The lowest BCUT2D eigenvalue weighted by atomic mass is 9.87. The summed E-state index contributed by atoms with van der Waals surface area (Å²) in [5.41, 5.74) is 10.2. The molecule has 1 aliphatic carbocycles. The van der Waals surface area contributed by atoms with Gasteiger partial charge in [-0.15, -0.1) is 16.4 Å². The number of carbonyl (C=O) groups excluding carboxylic acids is 1. The molecule has 1 aliphatic rings. The number of hydrogen-bond donors (Lipinski definition) is 2. The summed E-state index contributed by atoms with van der Waals surface area (Å²) in [6.45, 7) is 0. The number of anilines is 1. The first-order valence-electron chi connectivity index (χ1n) is 9.37. The van der Waals surface area contributed by atoms with Crippen LogP contribution in [0.1, 0.15) is 39.7 Å². The number of pyridine rings is 1. The van der Waals surface area contributed by atoms with Gasteiger partial charge in [0.15, 0.2) is 5.65 Å². The smallest absolute Gasteiger partial charge is 0.261 e. The van der Waals surface area contributed by atoms with Gasteiger partial charge >= 0.3 is 0 Å². The number of hydrogen-bond acceptors (Lipinski definition) is 5. The molecule has 8 heteroatoms. The SMILES string of the molecule is Nc1nc2ccc(-c3csc(C(=O)NC4CCCc5cc(F)ccc54)c3)cn2n1. The lowest BCUT2D eigenvalue weighted by molar-refractivity contribution is 0.0937. The number of rotatable bonds is 3. The Bertz CT molecular complexity index is 1230. The summed E-state index contributed by atoms with van der Waals surface area (Å²) < 4.78 is 15.1. The highest BCUT2D eigenvalue weighted by Gasteiger charge is 2.23. The van der Waals surface area contributed by atoms with E-state index < -0.39 is 0 Å². The fourth-order valence-electron chi connectivity index (χ4n) is 3.84. The number of nitrogens with zero attached hydrogens (tertiary/aromatic N) is 3. The molecule has 0 fully saturated rings. The minimum Gasteiger partial charge on any atom is -0.366 e. The molecule has 6 nitrogen and oxygen atoms in total. The number of nitrogens with one attached hydrogen (secondary N) is 1. The summed E-state index contributed by atoms with van der Waals surface area (Å²) >= 11 is 1.39. The van der Waals surface area contributed by atoms with Gasteiger partial charge in [-0.25, -0.2) is 8.91 Å². The number of halogens is 1. The van der Waals surface area contributed by atoms with Crippen molar-refractivity contribution in [2.45, 2.75) is 25.3 Å². The lowest BCUT2D eigenvalue weighted by Gasteiger charge is -2.26. The molecule has 1 atom stereocenters. The molecule has 0 saturated heterocycles. The van der Waals surface area contributed by atoms with Crippen LogP contribution in [0.5, 0.6) is 0 Å². The molecule has 0 aliphatic heterocycles. The van der Waals surface area contributed by atoms with Gasteiger partial charge in [0.2, 0.25) is 5.95 Å². The van der Waals surface area contributed by atoms with Crippen LogP contribution in [-0.4, -0.2) is 20.5 Å². The molecular formula is C21H18FN5OS. The van der Waals surface area contributed by atoms with Gasteiger partial charge in [-0.05, 0) is 71.7 Å². The largest absolute Gasteiger partial charge is 0.366 e. The molecule has 3 heterocycles. The Labute approximate surface area is 170 Å². The van der Waals surface area contributed by atoms with Crippen LogP contribution in [0, 0.1) is 5.82 Å². The molecule has 3 aromatic heterocycles. The minimum atomic E-state index is -0.232. The minimum absolute atomic E-state index is 0.0909. The Kier molecular flexibility index (Phi) is 4.28. The Balaban J connectivity index is 1.37. The van der Waals surface area contributed by atoms with Crippen LogP contribution >= 0.6 is 11.3 Å². The predicted octanol–water partition coefficient (Wildman–Crippen LogP) is 3.99. The van der Waals surface area contributed by atoms with Gasteiger partial charge in [0.1, 0.15) is 5.82 Å². The number of carbonyl (C=O) groups is 1. The van der Waals surface area contributed by atoms with Crippen molar-refractivity contribution in [3.8, 4) is 11.1 Å². The predicted molar refractivity (Wildman–Crippen MR) is 110 cm³/mol. The zero-order valence-electron chi connectivity index (χ0n) is 15.4. The fourth-order valence-corrected chi connectivity index (χ4v) is 4.66. The van der Waals surface area contributed by atoms with Crippen LogP contribution in [0.2, 0.25) is 0 Å². The number of thiophene rings is 1. The molecule has 0 spiro atoms. The third kappa shape index (κ3) is 3.36. The maximum absolute atomic E-state index is 13.5. The van der Waals surface area contributed by atoms with Crippen molar-refractivity contribution in [1.82, 2.24) is 19.9 Å². The van der Waals surface area contributed by atoms with Crippen LogP contribution in [0.4, 0.5) is 10.3 Å². The summed E-state index contributed by atoms with van der Waals surface area (Å²) in [7, 11) is 0. The van der Waals surface area contributed by atoms with E-state index >= 15 is 0 Å².